The molecular weight excluding hydrogens is 295 g/mol. The monoisotopic (exact) mass is 322 g/mol. The van der Waals surface area contributed by atoms with Crippen molar-refractivity contribution in [3.63, 3.8) is 0 Å². The zero-order valence-corrected chi connectivity index (χ0v) is 14.6. The van der Waals surface area contributed by atoms with Gasteiger partial charge in [0.2, 0.25) is 5.79 Å². The first-order chi connectivity index (χ1) is 10.5. The van der Waals surface area contributed by atoms with E-state index in [0.717, 1.165) is 11.1 Å². The number of aryl methyl sites for hydroxylation is 1. The fourth-order valence-corrected chi connectivity index (χ4v) is 3.47. The number of aliphatic hydroxyl groups is 1. The topological polar surface area (TPSA) is 46.5 Å². The minimum atomic E-state index is -1.53. The van der Waals surface area contributed by atoms with Crippen LogP contribution in [0.3, 0.4) is 0 Å². The van der Waals surface area contributed by atoms with Gasteiger partial charge in [0.1, 0.15) is 5.82 Å². The molecule has 0 unspecified atom stereocenters. The number of fused-ring (bicyclic) bond motifs is 1. The van der Waals surface area contributed by atoms with Crippen molar-refractivity contribution < 1.29 is 19.0 Å². The van der Waals surface area contributed by atoms with E-state index in [4.69, 9.17) is 4.74 Å². The van der Waals surface area contributed by atoms with Gasteiger partial charge in [0.25, 0.3) is 0 Å². The maximum Gasteiger partial charge on any atom is 0.308 e. The Morgan fingerprint density at radius 2 is 2.09 bits per heavy atom. The molecular formula is C19H27FO3. The van der Waals surface area contributed by atoms with Crippen molar-refractivity contribution in [1.82, 2.24) is 0 Å². The van der Waals surface area contributed by atoms with Gasteiger partial charge in [-0.15, -0.1) is 0 Å². The van der Waals surface area contributed by atoms with Crippen LogP contribution in [0.1, 0.15) is 64.5 Å². The van der Waals surface area contributed by atoms with E-state index < -0.39 is 11.8 Å². The summed E-state index contributed by atoms with van der Waals surface area (Å²) in [5, 5.41) is 11.0. The largest absolute Gasteiger partial charge is 0.433 e. The van der Waals surface area contributed by atoms with Crippen LogP contribution in [0.4, 0.5) is 4.39 Å². The third kappa shape index (κ3) is 4.11. The highest BCUT2D eigenvalue weighted by molar-refractivity contribution is 5.70. The lowest BCUT2D eigenvalue weighted by Crippen LogP contribution is -2.47. The van der Waals surface area contributed by atoms with E-state index in [-0.39, 0.29) is 29.5 Å². The second-order valence-corrected chi connectivity index (χ2v) is 8.12. The lowest BCUT2D eigenvalue weighted by atomic mass is 9.72. The number of esters is 1. The molecule has 0 saturated carbocycles. The molecule has 0 bridgehead atoms. The van der Waals surface area contributed by atoms with E-state index in [0.29, 0.717) is 12.8 Å². The van der Waals surface area contributed by atoms with Gasteiger partial charge in [-0.25, -0.2) is 4.39 Å². The van der Waals surface area contributed by atoms with Gasteiger partial charge in [-0.1, -0.05) is 40.7 Å². The Bertz CT molecular complexity index is 589. The molecule has 0 radical (unpaired) electrons. The summed E-state index contributed by atoms with van der Waals surface area (Å²) < 4.78 is 19.0. The Kier molecular flexibility index (Phi) is 4.86. The zero-order valence-electron chi connectivity index (χ0n) is 14.6. The Balaban J connectivity index is 2.31. The highest BCUT2D eigenvalue weighted by Crippen LogP contribution is 2.45. The van der Waals surface area contributed by atoms with Crippen LogP contribution >= 0.6 is 0 Å². The minimum absolute atomic E-state index is 0.0620. The van der Waals surface area contributed by atoms with Crippen LogP contribution in [0.25, 0.3) is 0 Å². The van der Waals surface area contributed by atoms with Gasteiger partial charge in [0.15, 0.2) is 0 Å². The fourth-order valence-electron chi connectivity index (χ4n) is 3.47. The Labute approximate surface area is 137 Å². The molecule has 1 aliphatic rings. The summed E-state index contributed by atoms with van der Waals surface area (Å²) in [7, 11) is 0. The van der Waals surface area contributed by atoms with E-state index in [1.807, 2.05) is 34.6 Å². The molecule has 2 rings (SSSR count). The second kappa shape index (κ2) is 6.23. The van der Waals surface area contributed by atoms with E-state index in [1.54, 1.807) is 6.07 Å². The average molecular weight is 322 g/mol. The maximum absolute atomic E-state index is 13.5. The molecule has 1 aromatic rings. The van der Waals surface area contributed by atoms with Crippen molar-refractivity contribution in [2.24, 2.45) is 11.3 Å². The van der Waals surface area contributed by atoms with Crippen LogP contribution < -0.4 is 0 Å². The van der Waals surface area contributed by atoms with Gasteiger partial charge >= 0.3 is 5.97 Å². The molecule has 0 fully saturated rings. The van der Waals surface area contributed by atoms with Gasteiger partial charge < -0.3 is 9.84 Å². The summed E-state index contributed by atoms with van der Waals surface area (Å²) in [5.41, 5.74) is 1.56. The van der Waals surface area contributed by atoms with Crippen molar-refractivity contribution in [1.29, 1.82) is 0 Å². The molecule has 0 spiro atoms. The fraction of sp³-hybridized carbons (Fsp3) is 0.632. The molecule has 0 aromatic heterocycles. The third-order valence-electron chi connectivity index (χ3n) is 4.31. The first kappa shape index (κ1) is 17.9. The number of halogens is 1. The summed E-state index contributed by atoms with van der Waals surface area (Å²) in [4.78, 5) is 12.2. The maximum atomic E-state index is 13.5. The molecule has 0 saturated heterocycles. The molecule has 4 heteroatoms. The number of ether oxygens (including phenoxy) is 1. The molecule has 128 valence electrons. The summed E-state index contributed by atoms with van der Waals surface area (Å²) in [6.07, 6.45) is 1.04. The highest BCUT2D eigenvalue weighted by Gasteiger charge is 2.46. The molecule has 3 nitrogen and oxygen atoms in total. The zero-order chi connectivity index (χ0) is 17.4. The quantitative estimate of drug-likeness (QED) is 0.671. The molecule has 23 heavy (non-hydrogen) atoms. The van der Waals surface area contributed by atoms with E-state index >= 15 is 0 Å². The van der Waals surface area contributed by atoms with Crippen molar-refractivity contribution in [2.45, 2.75) is 65.6 Å². The number of carbonyl (C=O) groups is 1. The molecule has 0 aliphatic heterocycles. The number of benzene rings is 1. The first-order valence-corrected chi connectivity index (χ1v) is 8.24. The number of carbonyl (C=O) groups excluding carboxylic acids is 1. The molecule has 0 heterocycles. The first-order valence-electron chi connectivity index (χ1n) is 8.24. The van der Waals surface area contributed by atoms with Gasteiger partial charge in [-0.05, 0) is 41.0 Å². The average Bonchev–Trinajstić information content (AvgIpc) is 2.35. The highest BCUT2D eigenvalue weighted by atomic mass is 19.1. The van der Waals surface area contributed by atoms with Crippen molar-refractivity contribution in [3.05, 3.63) is 35.1 Å². The van der Waals surface area contributed by atoms with E-state index in [1.165, 1.54) is 12.1 Å². The summed E-state index contributed by atoms with van der Waals surface area (Å²) in [6, 6.07) is 4.62. The second-order valence-electron chi connectivity index (χ2n) is 8.12. The molecule has 1 aliphatic carbocycles. The van der Waals surface area contributed by atoms with E-state index in [2.05, 4.69) is 0 Å². The van der Waals surface area contributed by atoms with Gasteiger partial charge in [-0.3, -0.25) is 4.79 Å². The van der Waals surface area contributed by atoms with E-state index in [9.17, 15) is 14.3 Å². The summed E-state index contributed by atoms with van der Waals surface area (Å²) in [5.74, 6) is -2.48. The van der Waals surface area contributed by atoms with Gasteiger partial charge in [0, 0.05) is 6.42 Å². The van der Waals surface area contributed by atoms with Crippen LogP contribution in [0, 0.1) is 17.2 Å². The predicted molar refractivity (Wildman–Crippen MR) is 87.4 cm³/mol. The SMILES string of the molecule is CC(C)[C@H]1c2ccc(F)cc2CC[C@]1(O)OC(=O)CC(C)(C)C. The Morgan fingerprint density at radius 1 is 1.43 bits per heavy atom. The summed E-state index contributed by atoms with van der Waals surface area (Å²) in [6.45, 7) is 9.82. The minimum Gasteiger partial charge on any atom is -0.433 e. The summed E-state index contributed by atoms with van der Waals surface area (Å²) >= 11 is 0. The Morgan fingerprint density at radius 3 is 2.65 bits per heavy atom. The number of hydrogen-bond acceptors (Lipinski definition) is 3. The Hall–Kier alpha value is -1.42. The van der Waals surface area contributed by atoms with Crippen LogP contribution in [0.5, 0.6) is 0 Å². The molecule has 1 N–H and O–H groups in total. The lowest BCUT2D eigenvalue weighted by molar-refractivity contribution is -0.230. The number of hydrogen-bond donors (Lipinski definition) is 1. The lowest BCUT2D eigenvalue weighted by Gasteiger charge is -2.42. The standard InChI is InChI=1S/C19H27FO3/c1-12(2)17-15-7-6-14(20)10-13(15)8-9-19(17,22)23-16(21)11-18(3,4)5/h6-7,10,12,17,22H,8-9,11H2,1-5H3/t17-,19-/m0/s1. The van der Waals surface area contributed by atoms with Crippen molar-refractivity contribution >= 4 is 5.97 Å². The normalized spacial score (nSPS) is 24.4. The third-order valence-corrected chi connectivity index (χ3v) is 4.31. The van der Waals surface area contributed by atoms with Gasteiger partial charge in [0.05, 0.1) is 12.3 Å². The number of rotatable bonds is 3. The van der Waals surface area contributed by atoms with Crippen LogP contribution in [0.15, 0.2) is 18.2 Å². The molecule has 0 amide bonds. The van der Waals surface area contributed by atoms with Gasteiger partial charge in [-0.2, -0.15) is 0 Å². The predicted octanol–water partition coefficient (Wildman–Crippen LogP) is 4.18. The smallest absolute Gasteiger partial charge is 0.308 e. The van der Waals surface area contributed by atoms with Crippen molar-refractivity contribution in [3.8, 4) is 0 Å². The van der Waals surface area contributed by atoms with Crippen LogP contribution in [-0.4, -0.2) is 16.9 Å². The van der Waals surface area contributed by atoms with Crippen LogP contribution in [-0.2, 0) is 16.0 Å². The van der Waals surface area contributed by atoms with Crippen molar-refractivity contribution in [2.75, 3.05) is 0 Å². The molecule has 1 aromatic carbocycles. The molecule has 2 atom stereocenters. The van der Waals surface area contributed by atoms with Crippen LogP contribution in [0.2, 0.25) is 0 Å².